The molecular weight excluding hydrogens is 262 g/mol. The maximum absolute atomic E-state index is 11.4. The molecule has 96 valence electrons. The van der Waals surface area contributed by atoms with E-state index < -0.39 is 16.0 Å². The molecule has 0 saturated carbocycles. The van der Waals surface area contributed by atoms with Crippen molar-refractivity contribution in [3.8, 4) is 0 Å². The monoisotopic (exact) mass is 277 g/mol. The topological polar surface area (TPSA) is 83.5 Å². The van der Waals surface area contributed by atoms with Crippen LogP contribution in [0, 0.1) is 13.8 Å². The highest BCUT2D eigenvalue weighted by Crippen LogP contribution is 2.20. The predicted molar refractivity (Wildman–Crippen MR) is 66.7 cm³/mol. The Morgan fingerprint density at radius 2 is 2.12 bits per heavy atom. The fourth-order valence-corrected chi connectivity index (χ4v) is 3.26. The van der Waals surface area contributed by atoms with E-state index in [0.717, 1.165) is 15.3 Å². The number of carbonyl (C=O) groups is 1. The lowest BCUT2D eigenvalue weighted by molar-refractivity contribution is -0.136. The Bertz CT molecular complexity index is 485. The second-order valence-corrected chi connectivity index (χ2v) is 7.00. The zero-order chi connectivity index (χ0) is 13.1. The third kappa shape index (κ3) is 4.84. The molecule has 0 fully saturated rings. The van der Waals surface area contributed by atoms with Crippen molar-refractivity contribution < 1.29 is 18.3 Å². The van der Waals surface area contributed by atoms with Crippen LogP contribution in [0.5, 0.6) is 0 Å². The van der Waals surface area contributed by atoms with E-state index in [1.807, 2.05) is 19.9 Å². The van der Waals surface area contributed by atoms with E-state index in [0.29, 0.717) is 0 Å². The van der Waals surface area contributed by atoms with E-state index in [-0.39, 0.29) is 18.7 Å². The van der Waals surface area contributed by atoms with Crippen LogP contribution in [0.25, 0.3) is 0 Å². The summed E-state index contributed by atoms with van der Waals surface area (Å²) in [5, 5.41) is 8.41. The summed E-state index contributed by atoms with van der Waals surface area (Å²) in [6.07, 6.45) is -0.377. The molecule has 5 nitrogen and oxygen atoms in total. The van der Waals surface area contributed by atoms with Crippen molar-refractivity contribution >= 4 is 27.3 Å². The van der Waals surface area contributed by atoms with E-state index in [4.69, 9.17) is 5.11 Å². The molecule has 17 heavy (non-hydrogen) atoms. The van der Waals surface area contributed by atoms with Gasteiger partial charge in [-0.05, 0) is 25.5 Å². The highest BCUT2D eigenvalue weighted by Gasteiger charge is 2.13. The number of hydrogen-bond acceptors (Lipinski definition) is 4. The molecule has 0 amide bonds. The van der Waals surface area contributed by atoms with Gasteiger partial charge in [0, 0.05) is 16.3 Å². The quantitative estimate of drug-likeness (QED) is 0.820. The third-order valence-corrected chi connectivity index (χ3v) is 4.75. The van der Waals surface area contributed by atoms with Gasteiger partial charge in [-0.2, -0.15) is 0 Å². The lowest BCUT2D eigenvalue weighted by atomic mass is 10.3. The van der Waals surface area contributed by atoms with Crippen LogP contribution in [0.2, 0.25) is 0 Å². The van der Waals surface area contributed by atoms with Gasteiger partial charge < -0.3 is 5.11 Å². The zero-order valence-corrected chi connectivity index (χ0v) is 11.3. The molecule has 0 spiro atoms. The van der Waals surface area contributed by atoms with Crippen LogP contribution >= 0.6 is 11.3 Å². The van der Waals surface area contributed by atoms with E-state index in [2.05, 4.69) is 4.72 Å². The number of carboxylic acid groups (broad SMARTS) is 1. The molecule has 0 bridgehead atoms. The highest BCUT2D eigenvalue weighted by atomic mass is 32.2. The fraction of sp³-hybridized carbons (Fsp3) is 0.500. The molecule has 2 N–H and O–H groups in total. The molecule has 1 rings (SSSR count). The maximum atomic E-state index is 11.4. The second-order valence-electron chi connectivity index (χ2n) is 3.74. The number of carboxylic acids is 1. The van der Waals surface area contributed by atoms with E-state index in [1.54, 1.807) is 0 Å². The lowest BCUT2D eigenvalue weighted by Gasteiger charge is -2.03. The van der Waals surface area contributed by atoms with Crippen LogP contribution in [-0.2, 0) is 21.4 Å². The summed E-state index contributed by atoms with van der Waals surface area (Å²) in [5.74, 6) is -1.50. The number of aliphatic carboxylic acids is 1. The maximum Gasteiger partial charge on any atom is 0.304 e. The summed E-state index contributed by atoms with van der Waals surface area (Å²) < 4.78 is 25.3. The van der Waals surface area contributed by atoms with E-state index in [1.165, 1.54) is 11.3 Å². The zero-order valence-electron chi connectivity index (χ0n) is 9.69. The van der Waals surface area contributed by atoms with Gasteiger partial charge in [0.1, 0.15) is 0 Å². The number of thiophene rings is 1. The van der Waals surface area contributed by atoms with Crippen molar-refractivity contribution in [3.63, 3.8) is 0 Å². The van der Waals surface area contributed by atoms with Gasteiger partial charge in [0.05, 0.1) is 12.2 Å². The van der Waals surface area contributed by atoms with Crippen molar-refractivity contribution in [1.82, 2.24) is 4.72 Å². The summed E-state index contributed by atoms with van der Waals surface area (Å²) in [6, 6.07) is 1.93. The summed E-state index contributed by atoms with van der Waals surface area (Å²) in [6.45, 7) is 4.16. The first-order chi connectivity index (χ1) is 7.80. The number of nitrogens with one attached hydrogen (secondary N) is 1. The Balaban J connectivity index is 2.52. The molecule has 0 radical (unpaired) electrons. The standard InChI is InChI=1S/C10H15NO4S2/c1-7-5-9(16-8(7)2)6-11-17(14,15)4-3-10(12)13/h5,11H,3-4,6H2,1-2H3,(H,12,13). The van der Waals surface area contributed by atoms with Gasteiger partial charge in [-0.25, -0.2) is 13.1 Å². The molecule has 1 aromatic rings. The smallest absolute Gasteiger partial charge is 0.304 e. The molecule has 0 saturated heterocycles. The Morgan fingerprint density at radius 1 is 1.47 bits per heavy atom. The summed E-state index contributed by atoms with van der Waals surface area (Å²) in [7, 11) is -3.50. The molecule has 0 unspecified atom stereocenters. The van der Waals surface area contributed by atoms with Crippen LogP contribution in [0.1, 0.15) is 21.7 Å². The first-order valence-corrected chi connectivity index (χ1v) is 7.52. The van der Waals surface area contributed by atoms with Crippen LogP contribution in [-0.4, -0.2) is 25.2 Å². The Labute approximate surface area is 105 Å². The van der Waals surface area contributed by atoms with Crippen molar-refractivity contribution in [2.75, 3.05) is 5.75 Å². The van der Waals surface area contributed by atoms with E-state index >= 15 is 0 Å². The van der Waals surface area contributed by atoms with Crippen molar-refractivity contribution in [2.24, 2.45) is 0 Å². The molecule has 0 aliphatic carbocycles. The highest BCUT2D eigenvalue weighted by molar-refractivity contribution is 7.89. The molecule has 0 atom stereocenters. The fourth-order valence-electron chi connectivity index (χ4n) is 1.21. The van der Waals surface area contributed by atoms with Crippen molar-refractivity contribution in [1.29, 1.82) is 0 Å². The van der Waals surface area contributed by atoms with Gasteiger partial charge in [0.2, 0.25) is 10.0 Å². The van der Waals surface area contributed by atoms with Crippen LogP contribution < -0.4 is 4.72 Å². The first-order valence-electron chi connectivity index (χ1n) is 5.05. The van der Waals surface area contributed by atoms with Crippen molar-refractivity contribution in [3.05, 3.63) is 21.4 Å². The summed E-state index contributed by atoms with van der Waals surface area (Å²) in [4.78, 5) is 12.4. The second kappa shape index (κ2) is 5.61. The summed E-state index contributed by atoms with van der Waals surface area (Å²) >= 11 is 1.54. The van der Waals surface area contributed by atoms with Gasteiger partial charge in [0.25, 0.3) is 0 Å². The predicted octanol–water partition coefficient (Wildman–Crippen LogP) is 1.26. The number of aryl methyl sites for hydroxylation is 2. The molecule has 1 aromatic heterocycles. The molecule has 0 aliphatic heterocycles. The van der Waals surface area contributed by atoms with Crippen LogP contribution in [0.15, 0.2) is 6.07 Å². The Hall–Kier alpha value is -0.920. The van der Waals surface area contributed by atoms with Gasteiger partial charge in [0.15, 0.2) is 0 Å². The third-order valence-electron chi connectivity index (χ3n) is 2.27. The molecule has 7 heteroatoms. The Morgan fingerprint density at radius 3 is 2.59 bits per heavy atom. The number of sulfonamides is 1. The van der Waals surface area contributed by atoms with Crippen molar-refractivity contribution in [2.45, 2.75) is 26.8 Å². The SMILES string of the molecule is Cc1cc(CNS(=O)(=O)CCC(=O)O)sc1C. The van der Waals surface area contributed by atoms with Crippen LogP contribution in [0.4, 0.5) is 0 Å². The van der Waals surface area contributed by atoms with E-state index in [9.17, 15) is 13.2 Å². The number of rotatable bonds is 6. The van der Waals surface area contributed by atoms with Gasteiger partial charge in [-0.15, -0.1) is 11.3 Å². The lowest BCUT2D eigenvalue weighted by Crippen LogP contribution is -2.26. The minimum absolute atomic E-state index is 0.224. The van der Waals surface area contributed by atoms with Gasteiger partial charge in [-0.3, -0.25) is 4.79 Å². The van der Waals surface area contributed by atoms with Gasteiger partial charge in [-0.1, -0.05) is 0 Å². The average molecular weight is 277 g/mol. The van der Waals surface area contributed by atoms with Crippen LogP contribution in [0.3, 0.4) is 0 Å². The summed E-state index contributed by atoms with van der Waals surface area (Å²) in [5.41, 5.74) is 1.13. The Kier molecular flexibility index (Phi) is 4.67. The molecule has 0 aromatic carbocycles. The minimum Gasteiger partial charge on any atom is -0.481 e. The molecule has 0 aliphatic rings. The average Bonchev–Trinajstić information content (AvgIpc) is 2.53. The first kappa shape index (κ1) is 14.1. The minimum atomic E-state index is -3.50. The molecular formula is C10H15NO4S2. The largest absolute Gasteiger partial charge is 0.481 e. The van der Waals surface area contributed by atoms with Gasteiger partial charge >= 0.3 is 5.97 Å². The molecule has 1 heterocycles. The number of hydrogen-bond donors (Lipinski definition) is 2. The normalized spacial score (nSPS) is 11.6.